The van der Waals surface area contributed by atoms with Gasteiger partial charge >= 0.3 is 11.4 Å². The van der Waals surface area contributed by atoms with Crippen molar-refractivity contribution in [3.8, 4) is 0 Å². The number of fused-ring (bicyclic) bond motifs is 1. The number of unbranched alkanes of at least 4 members (excludes halogenated alkanes) is 1. The Morgan fingerprint density at radius 3 is 2.26 bits per heavy atom. The van der Waals surface area contributed by atoms with Crippen LogP contribution in [0.15, 0.2) is 38.6 Å². The summed E-state index contributed by atoms with van der Waals surface area (Å²) in [5.74, 6) is -0.314. The van der Waals surface area contributed by atoms with Crippen molar-refractivity contribution in [1.29, 1.82) is 0 Å². The van der Waals surface area contributed by atoms with Crippen LogP contribution in [0, 0.1) is 5.92 Å². The Labute approximate surface area is 197 Å². The van der Waals surface area contributed by atoms with Crippen LogP contribution in [-0.2, 0) is 24.4 Å². The fourth-order valence-electron chi connectivity index (χ4n) is 4.20. The molecule has 1 aromatic carbocycles. The molecule has 10 heteroatoms. The molecule has 1 amide bonds. The van der Waals surface area contributed by atoms with Crippen molar-refractivity contribution < 1.29 is 4.79 Å². The molecule has 0 saturated heterocycles. The van der Waals surface area contributed by atoms with E-state index < -0.39 is 11.2 Å². The number of nitrogens with one attached hydrogen (secondary N) is 1. The molecule has 0 aliphatic rings. The molecule has 0 aliphatic heterocycles. The number of carbonyl (C=O) groups is 1. The number of rotatable bonds is 10. The molecule has 10 nitrogen and oxygen atoms in total. The molecule has 0 spiro atoms. The lowest BCUT2D eigenvalue weighted by atomic mass is 10.2. The van der Waals surface area contributed by atoms with Gasteiger partial charge in [-0.05, 0) is 31.4 Å². The van der Waals surface area contributed by atoms with Crippen molar-refractivity contribution in [2.75, 3.05) is 17.2 Å². The van der Waals surface area contributed by atoms with Crippen molar-refractivity contribution in [3.63, 3.8) is 0 Å². The minimum atomic E-state index is -0.691. The fourth-order valence-corrected chi connectivity index (χ4v) is 4.20. The number of anilines is 2. The number of amides is 1. The highest BCUT2D eigenvalue weighted by Gasteiger charge is 2.25. The van der Waals surface area contributed by atoms with Crippen LogP contribution in [0.1, 0.15) is 47.0 Å². The van der Waals surface area contributed by atoms with Gasteiger partial charge in [0.05, 0.1) is 11.0 Å². The molecule has 3 aromatic rings. The van der Waals surface area contributed by atoms with Crippen LogP contribution in [0.5, 0.6) is 0 Å². The van der Waals surface area contributed by atoms with Crippen molar-refractivity contribution in [2.45, 2.75) is 66.6 Å². The van der Waals surface area contributed by atoms with Gasteiger partial charge in [0.1, 0.15) is 5.82 Å². The molecule has 0 aliphatic carbocycles. The smallest absolute Gasteiger partial charge is 0.330 e. The summed E-state index contributed by atoms with van der Waals surface area (Å²) in [5.41, 5.74) is 6.34. The van der Waals surface area contributed by atoms with Crippen LogP contribution < -0.4 is 27.6 Å². The van der Waals surface area contributed by atoms with Crippen LogP contribution in [-0.4, -0.2) is 31.1 Å². The van der Waals surface area contributed by atoms with Crippen molar-refractivity contribution in [2.24, 2.45) is 5.92 Å². The minimum absolute atomic E-state index is 0.00266. The Balaban J connectivity index is 1.98. The summed E-state index contributed by atoms with van der Waals surface area (Å²) in [7, 11) is 0. The topological polar surface area (TPSA) is 128 Å². The van der Waals surface area contributed by atoms with Gasteiger partial charge in [-0.3, -0.25) is 28.3 Å². The van der Waals surface area contributed by atoms with E-state index in [-0.39, 0.29) is 48.5 Å². The first-order chi connectivity index (χ1) is 16.2. The van der Waals surface area contributed by atoms with Gasteiger partial charge in [-0.1, -0.05) is 39.3 Å². The van der Waals surface area contributed by atoms with Gasteiger partial charge in [0.2, 0.25) is 5.91 Å². The number of carbonyl (C=O) groups excluding carboxylic acids is 1. The Kier molecular flexibility index (Phi) is 7.80. The Hall–Kier alpha value is -3.56. The number of nitrogen functional groups attached to an aromatic ring is 1. The van der Waals surface area contributed by atoms with Gasteiger partial charge in [-0.2, -0.15) is 0 Å². The van der Waals surface area contributed by atoms with E-state index in [9.17, 15) is 19.2 Å². The molecule has 0 bridgehead atoms. The van der Waals surface area contributed by atoms with E-state index in [1.165, 1.54) is 9.47 Å². The van der Waals surface area contributed by atoms with Gasteiger partial charge in [-0.15, -0.1) is 0 Å². The van der Waals surface area contributed by atoms with Crippen LogP contribution in [0.25, 0.3) is 11.0 Å². The summed E-state index contributed by atoms with van der Waals surface area (Å²) in [6.45, 7) is 9.02. The highest BCUT2D eigenvalue weighted by atomic mass is 16.2. The van der Waals surface area contributed by atoms with Gasteiger partial charge in [-0.25, -0.2) is 9.59 Å². The average molecular weight is 471 g/mol. The Bertz CT molecular complexity index is 1340. The second-order valence-electron chi connectivity index (χ2n) is 8.81. The van der Waals surface area contributed by atoms with E-state index in [1.807, 2.05) is 52.0 Å². The number of hydrogen-bond donors (Lipinski definition) is 2. The summed E-state index contributed by atoms with van der Waals surface area (Å²) in [6.07, 6.45) is 1.55. The maximum Gasteiger partial charge on any atom is 0.330 e. The van der Waals surface area contributed by atoms with Crippen LogP contribution in [0.3, 0.4) is 0 Å². The molecule has 0 unspecified atom stereocenters. The third-order valence-electron chi connectivity index (χ3n) is 5.86. The van der Waals surface area contributed by atoms with Gasteiger partial charge in [0.15, 0.2) is 5.69 Å². The lowest BCUT2D eigenvalue weighted by Gasteiger charge is -2.26. The molecule has 2 heterocycles. The third kappa shape index (κ3) is 4.85. The van der Waals surface area contributed by atoms with Crippen LogP contribution in [0.4, 0.5) is 11.5 Å². The van der Waals surface area contributed by atoms with E-state index in [2.05, 4.69) is 4.98 Å². The zero-order chi connectivity index (χ0) is 25.0. The normalized spacial score (nSPS) is 11.4. The third-order valence-corrected chi connectivity index (χ3v) is 5.86. The summed E-state index contributed by atoms with van der Waals surface area (Å²) < 4.78 is 4.55. The molecular weight excluding hydrogens is 436 g/mol. The van der Waals surface area contributed by atoms with E-state index >= 15 is 0 Å². The van der Waals surface area contributed by atoms with Crippen molar-refractivity contribution >= 4 is 28.4 Å². The van der Waals surface area contributed by atoms with Crippen LogP contribution in [0.2, 0.25) is 0 Å². The number of aromatic amines is 1. The number of hydrogen-bond acceptors (Lipinski definition) is 5. The number of para-hydroxylation sites is 2. The molecule has 3 rings (SSSR count). The molecule has 0 fully saturated rings. The summed E-state index contributed by atoms with van der Waals surface area (Å²) in [6, 6.07) is 7.45. The lowest BCUT2D eigenvalue weighted by molar-refractivity contribution is -0.119. The monoisotopic (exact) mass is 470 g/mol. The Morgan fingerprint density at radius 2 is 1.68 bits per heavy atom. The van der Waals surface area contributed by atoms with E-state index in [0.717, 1.165) is 17.5 Å². The average Bonchev–Trinajstić information content (AvgIpc) is 3.06. The molecular formula is C24H34N6O4. The summed E-state index contributed by atoms with van der Waals surface area (Å²) >= 11 is 0. The number of nitrogens with two attached hydrogens (primary N) is 1. The van der Waals surface area contributed by atoms with Crippen LogP contribution >= 0.6 is 0 Å². The molecule has 184 valence electrons. The molecule has 3 N–H and O–H groups in total. The van der Waals surface area contributed by atoms with Crippen molar-refractivity contribution in [1.82, 2.24) is 18.7 Å². The number of aromatic nitrogens is 4. The van der Waals surface area contributed by atoms with Crippen molar-refractivity contribution in [3.05, 3.63) is 55.6 Å². The van der Waals surface area contributed by atoms with Gasteiger partial charge in [0, 0.05) is 32.6 Å². The van der Waals surface area contributed by atoms with Gasteiger partial charge in [0.25, 0.3) is 5.56 Å². The highest BCUT2D eigenvalue weighted by Crippen LogP contribution is 2.20. The molecule has 2 aromatic heterocycles. The predicted molar refractivity (Wildman–Crippen MR) is 134 cm³/mol. The first-order valence-electron chi connectivity index (χ1n) is 11.8. The number of H-pyrrole nitrogens is 1. The first-order valence-corrected chi connectivity index (χ1v) is 11.8. The van der Waals surface area contributed by atoms with E-state index in [0.29, 0.717) is 19.5 Å². The quantitative estimate of drug-likeness (QED) is 0.469. The fraction of sp³-hybridized carbons (Fsp3) is 0.500. The standard InChI is InChI=1S/C24H34N6O4/c1-5-7-13-29-21(25)20(22(32)26-23(29)33)30(15-16(3)4)19(31)12-14-28-18-11-9-8-10-17(18)27(6-2)24(28)34/h8-11,16H,5-7,12-15,25H2,1-4H3,(H,26,32,33). The number of imidazole rings is 1. The zero-order valence-electron chi connectivity index (χ0n) is 20.3. The maximum atomic E-state index is 13.4. The summed E-state index contributed by atoms with van der Waals surface area (Å²) in [5, 5.41) is 0. The highest BCUT2D eigenvalue weighted by molar-refractivity contribution is 5.95. The lowest BCUT2D eigenvalue weighted by Crippen LogP contribution is -2.43. The number of aryl methyl sites for hydroxylation is 2. The molecule has 0 radical (unpaired) electrons. The summed E-state index contributed by atoms with van der Waals surface area (Å²) in [4.78, 5) is 55.1. The number of benzene rings is 1. The molecule has 0 saturated carbocycles. The first kappa shape index (κ1) is 25.1. The number of nitrogens with zero attached hydrogens (tertiary/aromatic N) is 4. The molecule has 0 atom stereocenters. The van der Waals surface area contributed by atoms with E-state index in [1.54, 1.807) is 9.13 Å². The minimum Gasteiger partial charge on any atom is -0.383 e. The second kappa shape index (κ2) is 10.6. The maximum absolute atomic E-state index is 13.4. The zero-order valence-corrected chi connectivity index (χ0v) is 20.3. The molecule has 34 heavy (non-hydrogen) atoms. The van der Waals surface area contributed by atoms with Gasteiger partial charge < -0.3 is 10.6 Å². The van der Waals surface area contributed by atoms with E-state index in [4.69, 9.17) is 5.73 Å². The SMILES string of the molecule is CCCCn1c(N)c(N(CC(C)C)C(=O)CCn2c(=O)n(CC)c3ccccc32)c(=O)[nH]c1=O. The second-order valence-corrected chi connectivity index (χ2v) is 8.81. The predicted octanol–water partition coefficient (Wildman–Crippen LogP) is 2.13. The largest absolute Gasteiger partial charge is 0.383 e. The Morgan fingerprint density at radius 1 is 1.03 bits per heavy atom.